The number of fused-ring (bicyclic) bond motifs is 1. The van der Waals surface area contributed by atoms with Gasteiger partial charge in [0.2, 0.25) is 0 Å². The van der Waals surface area contributed by atoms with E-state index in [1.54, 1.807) is 35.6 Å². The summed E-state index contributed by atoms with van der Waals surface area (Å²) in [6.45, 7) is 4.40. The lowest BCUT2D eigenvalue weighted by molar-refractivity contribution is 0.102. The molecule has 0 spiro atoms. The largest absolute Gasteiger partial charge is 0.486 e. The van der Waals surface area contributed by atoms with E-state index in [0.717, 1.165) is 26.5 Å². The van der Waals surface area contributed by atoms with Crippen LogP contribution in [-0.4, -0.2) is 15.9 Å². The van der Waals surface area contributed by atoms with E-state index >= 15 is 0 Å². The second-order valence-corrected chi connectivity index (χ2v) is 8.06. The zero-order chi connectivity index (χ0) is 18.8. The summed E-state index contributed by atoms with van der Waals surface area (Å²) in [5, 5.41) is 6.40. The Labute approximate surface area is 164 Å². The van der Waals surface area contributed by atoms with Crippen molar-refractivity contribution in [2.24, 2.45) is 0 Å². The number of thiazole rings is 2. The van der Waals surface area contributed by atoms with Crippen LogP contribution in [-0.2, 0) is 6.61 Å². The molecule has 0 radical (unpaired) electrons. The van der Waals surface area contributed by atoms with Crippen LogP contribution in [0.2, 0.25) is 0 Å². The molecule has 0 fully saturated rings. The van der Waals surface area contributed by atoms with Crippen LogP contribution in [0.3, 0.4) is 0 Å². The first-order valence-electron chi connectivity index (χ1n) is 8.40. The van der Waals surface area contributed by atoms with Crippen molar-refractivity contribution in [3.05, 3.63) is 69.7 Å². The molecular weight excluding hydrogens is 378 g/mol. The summed E-state index contributed by atoms with van der Waals surface area (Å²) < 4.78 is 6.78. The van der Waals surface area contributed by atoms with Gasteiger partial charge in [0, 0.05) is 16.6 Å². The fourth-order valence-electron chi connectivity index (χ4n) is 2.63. The highest BCUT2D eigenvalue weighted by Gasteiger charge is 2.11. The highest BCUT2D eigenvalue weighted by Crippen LogP contribution is 2.28. The van der Waals surface area contributed by atoms with Gasteiger partial charge in [-0.15, -0.1) is 11.3 Å². The van der Waals surface area contributed by atoms with E-state index in [-0.39, 0.29) is 5.91 Å². The van der Waals surface area contributed by atoms with E-state index in [0.29, 0.717) is 23.1 Å². The summed E-state index contributed by atoms with van der Waals surface area (Å²) in [4.78, 5) is 21.4. The van der Waals surface area contributed by atoms with E-state index in [4.69, 9.17) is 4.74 Å². The molecule has 5 nitrogen and oxygen atoms in total. The lowest BCUT2D eigenvalue weighted by Gasteiger charge is -2.05. The number of anilines is 1. The fraction of sp³-hybridized carbons (Fsp3) is 0.150. The van der Waals surface area contributed by atoms with Crippen LogP contribution in [0.1, 0.15) is 26.6 Å². The Morgan fingerprint density at radius 3 is 2.63 bits per heavy atom. The quantitative estimate of drug-likeness (QED) is 0.504. The molecule has 0 saturated heterocycles. The number of rotatable bonds is 5. The molecule has 0 aliphatic carbocycles. The van der Waals surface area contributed by atoms with Gasteiger partial charge in [0.15, 0.2) is 5.13 Å². The maximum absolute atomic E-state index is 12.5. The lowest BCUT2D eigenvalue weighted by Crippen LogP contribution is -2.11. The number of benzene rings is 2. The van der Waals surface area contributed by atoms with Gasteiger partial charge in [0.05, 0.1) is 10.2 Å². The molecule has 0 bridgehead atoms. The predicted molar refractivity (Wildman–Crippen MR) is 110 cm³/mol. The first-order chi connectivity index (χ1) is 13.1. The number of carbonyl (C=O) groups excluding carboxylic acids is 1. The van der Waals surface area contributed by atoms with Crippen LogP contribution >= 0.6 is 22.7 Å². The van der Waals surface area contributed by atoms with Crippen LogP contribution in [0.5, 0.6) is 5.75 Å². The monoisotopic (exact) mass is 395 g/mol. The average Bonchev–Trinajstić information content (AvgIpc) is 3.27. The number of nitrogens with one attached hydrogen (secondary N) is 1. The molecule has 0 atom stereocenters. The molecule has 0 aliphatic heterocycles. The maximum atomic E-state index is 12.5. The van der Waals surface area contributed by atoms with E-state index in [9.17, 15) is 4.79 Å². The van der Waals surface area contributed by atoms with Crippen LogP contribution in [0, 0.1) is 13.8 Å². The Bertz CT molecular complexity index is 1100. The molecule has 1 N–H and O–H groups in total. The molecule has 136 valence electrons. The van der Waals surface area contributed by atoms with Gasteiger partial charge in [-0.25, -0.2) is 9.97 Å². The van der Waals surface area contributed by atoms with E-state index in [2.05, 4.69) is 15.3 Å². The van der Waals surface area contributed by atoms with Gasteiger partial charge < -0.3 is 4.74 Å². The zero-order valence-electron chi connectivity index (χ0n) is 14.9. The summed E-state index contributed by atoms with van der Waals surface area (Å²) in [5.74, 6) is 0.517. The van der Waals surface area contributed by atoms with Crippen molar-refractivity contribution in [2.45, 2.75) is 20.5 Å². The van der Waals surface area contributed by atoms with Crippen molar-refractivity contribution in [3.63, 3.8) is 0 Å². The van der Waals surface area contributed by atoms with Gasteiger partial charge in [0.25, 0.3) is 5.91 Å². The SMILES string of the molecule is Cc1csc(COc2ccc(C(=O)Nc3nc4c(C)cccc4s3)cc2)n1. The topological polar surface area (TPSA) is 64.1 Å². The Hall–Kier alpha value is -2.77. The third kappa shape index (κ3) is 3.99. The molecule has 0 unspecified atom stereocenters. The molecule has 27 heavy (non-hydrogen) atoms. The molecule has 4 aromatic rings. The normalized spacial score (nSPS) is 10.9. The highest BCUT2D eigenvalue weighted by atomic mass is 32.1. The van der Waals surface area contributed by atoms with Gasteiger partial charge in [0.1, 0.15) is 17.4 Å². The number of para-hydroxylation sites is 1. The number of aryl methyl sites for hydroxylation is 2. The molecule has 2 aromatic heterocycles. The fourth-order valence-corrected chi connectivity index (χ4v) is 4.25. The number of ether oxygens (including phenoxy) is 1. The number of hydrogen-bond donors (Lipinski definition) is 1. The van der Waals surface area contributed by atoms with Crippen molar-refractivity contribution >= 4 is 43.9 Å². The Morgan fingerprint density at radius 1 is 1.11 bits per heavy atom. The summed E-state index contributed by atoms with van der Waals surface area (Å²) in [6.07, 6.45) is 0. The predicted octanol–water partition coefficient (Wildman–Crippen LogP) is 5.20. The van der Waals surface area contributed by atoms with Crippen LogP contribution < -0.4 is 10.1 Å². The molecule has 0 aliphatic rings. The van der Waals surface area contributed by atoms with E-state index in [1.807, 2.05) is 37.4 Å². The molecule has 2 heterocycles. The van der Waals surface area contributed by atoms with Gasteiger partial charge >= 0.3 is 0 Å². The maximum Gasteiger partial charge on any atom is 0.257 e. The molecule has 2 aromatic carbocycles. The lowest BCUT2D eigenvalue weighted by atomic mass is 10.2. The van der Waals surface area contributed by atoms with Crippen molar-refractivity contribution in [1.82, 2.24) is 9.97 Å². The third-order valence-corrected chi connectivity index (χ3v) is 5.86. The minimum Gasteiger partial charge on any atom is -0.486 e. The molecule has 7 heteroatoms. The first kappa shape index (κ1) is 17.6. The molecule has 0 saturated carbocycles. The minimum absolute atomic E-state index is 0.186. The van der Waals surface area contributed by atoms with Crippen molar-refractivity contribution in [3.8, 4) is 5.75 Å². The first-order valence-corrected chi connectivity index (χ1v) is 10.1. The minimum atomic E-state index is -0.186. The third-order valence-electron chi connectivity index (χ3n) is 3.99. The van der Waals surface area contributed by atoms with Crippen LogP contribution in [0.4, 0.5) is 5.13 Å². The molecular formula is C20H17N3O2S2. The van der Waals surface area contributed by atoms with Gasteiger partial charge in [-0.3, -0.25) is 10.1 Å². The van der Waals surface area contributed by atoms with Crippen LogP contribution in [0.15, 0.2) is 47.8 Å². The number of aromatic nitrogens is 2. The summed E-state index contributed by atoms with van der Waals surface area (Å²) in [6, 6.07) is 13.1. The number of hydrogen-bond acceptors (Lipinski definition) is 6. The van der Waals surface area contributed by atoms with Gasteiger partial charge in [-0.1, -0.05) is 23.5 Å². The van der Waals surface area contributed by atoms with Crippen molar-refractivity contribution in [2.75, 3.05) is 5.32 Å². The van der Waals surface area contributed by atoms with Gasteiger partial charge in [-0.05, 0) is 49.7 Å². The van der Waals surface area contributed by atoms with E-state index in [1.165, 1.54) is 11.3 Å². The van der Waals surface area contributed by atoms with Crippen molar-refractivity contribution < 1.29 is 9.53 Å². The van der Waals surface area contributed by atoms with Crippen molar-refractivity contribution in [1.29, 1.82) is 0 Å². The second-order valence-electron chi connectivity index (χ2n) is 6.09. The van der Waals surface area contributed by atoms with Crippen LogP contribution in [0.25, 0.3) is 10.2 Å². The highest BCUT2D eigenvalue weighted by molar-refractivity contribution is 7.22. The number of nitrogens with zero attached hydrogens (tertiary/aromatic N) is 2. The molecule has 4 rings (SSSR count). The summed E-state index contributed by atoms with van der Waals surface area (Å²) in [5.41, 5.74) is 3.58. The Morgan fingerprint density at radius 2 is 1.93 bits per heavy atom. The Balaban J connectivity index is 1.41. The standard InChI is InChI=1S/C20H17N3O2S2/c1-12-4-3-5-16-18(12)22-20(27-16)23-19(24)14-6-8-15(9-7-14)25-10-17-21-13(2)11-26-17/h3-9,11H,10H2,1-2H3,(H,22,23,24). The summed E-state index contributed by atoms with van der Waals surface area (Å²) >= 11 is 3.05. The molecule has 1 amide bonds. The van der Waals surface area contributed by atoms with E-state index < -0.39 is 0 Å². The average molecular weight is 396 g/mol. The Kier molecular flexibility index (Phi) is 4.87. The second kappa shape index (κ2) is 7.46. The smallest absolute Gasteiger partial charge is 0.257 e. The van der Waals surface area contributed by atoms with Gasteiger partial charge in [-0.2, -0.15) is 0 Å². The summed E-state index contributed by atoms with van der Waals surface area (Å²) in [7, 11) is 0. The number of carbonyl (C=O) groups is 1. The zero-order valence-corrected chi connectivity index (χ0v) is 16.5. The number of amides is 1.